The van der Waals surface area contributed by atoms with E-state index in [9.17, 15) is 4.79 Å². The number of amides is 1. The molecule has 2 aromatic rings. The molecule has 4 nitrogen and oxygen atoms in total. The maximum Gasteiger partial charge on any atom is 0.254 e. The van der Waals surface area contributed by atoms with Crippen LogP contribution in [0.25, 0.3) is 0 Å². The van der Waals surface area contributed by atoms with Crippen LogP contribution in [-0.4, -0.2) is 44.1 Å². The van der Waals surface area contributed by atoms with Crippen molar-refractivity contribution in [3.63, 3.8) is 0 Å². The van der Waals surface area contributed by atoms with E-state index in [0.29, 0.717) is 0 Å². The molecule has 3 rings (SSSR count). The predicted molar refractivity (Wildman–Crippen MR) is 97.0 cm³/mol. The van der Waals surface area contributed by atoms with Crippen molar-refractivity contribution in [1.82, 2.24) is 4.90 Å². The molecule has 0 spiro atoms. The van der Waals surface area contributed by atoms with Gasteiger partial charge in [0.2, 0.25) is 0 Å². The standard InChI is InChI=1S/C20H24N2O2/c1-15-8-9-16(2)17(14-15)20(23)22-12-10-21(11-13-22)18-6-4-5-7-19(18)24-3/h4-9,14H,10-13H2,1-3H3. The molecule has 0 unspecified atom stereocenters. The minimum absolute atomic E-state index is 0.135. The van der Waals surface area contributed by atoms with E-state index in [1.54, 1.807) is 7.11 Å². The van der Waals surface area contributed by atoms with Crippen LogP contribution in [-0.2, 0) is 0 Å². The Kier molecular flexibility index (Phi) is 4.74. The third-order valence-electron chi connectivity index (χ3n) is 4.62. The Labute approximate surface area is 143 Å². The Bertz CT molecular complexity index is 734. The average molecular weight is 324 g/mol. The largest absolute Gasteiger partial charge is 0.495 e. The minimum Gasteiger partial charge on any atom is -0.495 e. The molecule has 4 heteroatoms. The number of hydrogen-bond acceptors (Lipinski definition) is 3. The predicted octanol–water partition coefficient (Wildman–Crippen LogP) is 3.27. The summed E-state index contributed by atoms with van der Waals surface area (Å²) in [6.07, 6.45) is 0. The number of anilines is 1. The van der Waals surface area contributed by atoms with Gasteiger partial charge in [-0.15, -0.1) is 0 Å². The second-order valence-electron chi connectivity index (χ2n) is 6.27. The molecule has 1 aliphatic rings. The Balaban J connectivity index is 1.71. The molecular formula is C20H24N2O2. The summed E-state index contributed by atoms with van der Waals surface area (Å²) in [4.78, 5) is 17.1. The van der Waals surface area contributed by atoms with E-state index in [2.05, 4.69) is 11.0 Å². The van der Waals surface area contributed by atoms with E-state index >= 15 is 0 Å². The van der Waals surface area contributed by atoms with Gasteiger partial charge in [-0.05, 0) is 37.6 Å². The van der Waals surface area contributed by atoms with Gasteiger partial charge in [0, 0.05) is 31.7 Å². The third-order valence-corrected chi connectivity index (χ3v) is 4.62. The van der Waals surface area contributed by atoms with Crippen LogP contribution in [0.2, 0.25) is 0 Å². The second-order valence-corrected chi connectivity index (χ2v) is 6.27. The Morgan fingerprint density at radius 2 is 1.71 bits per heavy atom. The lowest BCUT2D eigenvalue weighted by Gasteiger charge is -2.36. The lowest BCUT2D eigenvalue weighted by molar-refractivity contribution is 0.0746. The van der Waals surface area contributed by atoms with E-state index in [-0.39, 0.29) is 5.91 Å². The number of carbonyl (C=O) groups is 1. The van der Waals surface area contributed by atoms with E-state index in [0.717, 1.165) is 54.3 Å². The first-order valence-corrected chi connectivity index (χ1v) is 8.34. The van der Waals surface area contributed by atoms with E-state index in [1.165, 1.54) is 0 Å². The van der Waals surface area contributed by atoms with E-state index < -0.39 is 0 Å². The van der Waals surface area contributed by atoms with Crippen molar-refractivity contribution in [3.05, 3.63) is 59.2 Å². The summed E-state index contributed by atoms with van der Waals surface area (Å²) in [6.45, 7) is 7.11. The van der Waals surface area contributed by atoms with Gasteiger partial charge in [0.1, 0.15) is 5.75 Å². The maximum atomic E-state index is 12.8. The number of aryl methyl sites for hydroxylation is 2. The summed E-state index contributed by atoms with van der Waals surface area (Å²) >= 11 is 0. The first-order chi connectivity index (χ1) is 11.6. The summed E-state index contributed by atoms with van der Waals surface area (Å²) < 4.78 is 5.45. The SMILES string of the molecule is COc1ccccc1N1CCN(C(=O)c2cc(C)ccc2C)CC1. The van der Waals surface area contributed by atoms with Crippen molar-refractivity contribution in [2.24, 2.45) is 0 Å². The molecule has 126 valence electrons. The molecule has 0 saturated carbocycles. The van der Waals surface area contributed by atoms with Gasteiger partial charge in [-0.2, -0.15) is 0 Å². The third kappa shape index (κ3) is 3.23. The highest BCUT2D eigenvalue weighted by Gasteiger charge is 2.24. The van der Waals surface area contributed by atoms with Crippen LogP contribution in [0.3, 0.4) is 0 Å². The molecule has 2 aromatic carbocycles. The van der Waals surface area contributed by atoms with Gasteiger partial charge in [0.05, 0.1) is 12.8 Å². The first-order valence-electron chi connectivity index (χ1n) is 8.34. The highest BCUT2D eigenvalue weighted by molar-refractivity contribution is 5.96. The average Bonchev–Trinajstić information content (AvgIpc) is 2.63. The zero-order valence-corrected chi connectivity index (χ0v) is 14.6. The molecule has 1 saturated heterocycles. The van der Waals surface area contributed by atoms with Gasteiger partial charge in [-0.25, -0.2) is 0 Å². The molecular weight excluding hydrogens is 300 g/mol. The van der Waals surface area contributed by atoms with Crippen molar-refractivity contribution < 1.29 is 9.53 Å². The van der Waals surface area contributed by atoms with Crippen LogP contribution in [0.1, 0.15) is 21.5 Å². The number of rotatable bonds is 3. The normalized spacial score (nSPS) is 14.6. The number of ether oxygens (including phenoxy) is 1. The smallest absolute Gasteiger partial charge is 0.254 e. The van der Waals surface area contributed by atoms with Crippen molar-refractivity contribution in [2.75, 3.05) is 38.2 Å². The molecule has 1 amide bonds. The fraction of sp³-hybridized carbons (Fsp3) is 0.350. The molecule has 0 bridgehead atoms. The van der Waals surface area contributed by atoms with Crippen LogP contribution in [0.5, 0.6) is 5.75 Å². The Hall–Kier alpha value is -2.49. The van der Waals surface area contributed by atoms with Crippen molar-refractivity contribution in [2.45, 2.75) is 13.8 Å². The minimum atomic E-state index is 0.135. The molecule has 0 radical (unpaired) electrons. The lowest BCUT2D eigenvalue weighted by Crippen LogP contribution is -2.49. The fourth-order valence-electron chi connectivity index (χ4n) is 3.18. The molecule has 0 aliphatic carbocycles. The molecule has 0 N–H and O–H groups in total. The summed E-state index contributed by atoms with van der Waals surface area (Å²) in [5.41, 5.74) is 4.08. The molecule has 1 fully saturated rings. The van der Waals surface area contributed by atoms with Gasteiger partial charge in [-0.3, -0.25) is 4.79 Å². The zero-order valence-electron chi connectivity index (χ0n) is 14.6. The molecule has 24 heavy (non-hydrogen) atoms. The lowest BCUT2D eigenvalue weighted by atomic mass is 10.0. The number of benzene rings is 2. The summed E-state index contributed by atoms with van der Waals surface area (Å²) in [6, 6.07) is 14.1. The molecule has 1 aliphatic heterocycles. The fourth-order valence-corrected chi connectivity index (χ4v) is 3.18. The van der Waals surface area contributed by atoms with Crippen LogP contribution in [0.15, 0.2) is 42.5 Å². The number of nitrogens with zero attached hydrogens (tertiary/aromatic N) is 2. The molecule has 0 aromatic heterocycles. The van der Waals surface area contributed by atoms with Gasteiger partial charge in [-0.1, -0.05) is 29.8 Å². The van der Waals surface area contributed by atoms with E-state index in [4.69, 9.17) is 4.74 Å². The van der Waals surface area contributed by atoms with Crippen LogP contribution < -0.4 is 9.64 Å². The summed E-state index contributed by atoms with van der Waals surface area (Å²) in [5.74, 6) is 1.02. The maximum absolute atomic E-state index is 12.8. The van der Waals surface area contributed by atoms with Crippen LogP contribution >= 0.6 is 0 Å². The second kappa shape index (κ2) is 6.95. The monoisotopic (exact) mass is 324 g/mol. The Morgan fingerprint density at radius 3 is 2.42 bits per heavy atom. The number of methoxy groups -OCH3 is 1. The number of piperazine rings is 1. The van der Waals surface area contributed by atoms with E-state index in [1.807, 2.05) is 55.1 Å². The number of para-hydroxylation sites is 2. The Morgan fingerprint density at radius 1 is 1.00 bits per heavy atom. The van der Waals surface area contributed by atoms with Gasteiger partial charge in [0.25, 0.3) is 5.91 Å². The number of hydrogen-bond donors (Lipinski definition) is 0. The molecule has 1 heterocycles. The zero-order chi connectivity index (χ0) is 17.1. The molecule has 0 atom stereocenters. The highest BCUT2D eigenvalue weighted by atomic mass is 16.5. The number of carbonyl (C=O) groups excluding carboxylic acids is 1. The summed E-state index contributed by atoms with van der Waals surface area (Å²) in [5, 5.41) is 0. The van der Waals surface area contributed by atoms with Gasteiger partial charge >= 0.3 is 0 Å². The summed E-state index contributed by atoms with van der Waals surface area (Å²) in [7, 11) is 1.69. The van der Waals surface area contributed by atoms with Crippen LogP contribution in [0.4, 0.5) is 5.69 Å². The van der Waals surface area contributed by atoms with Crippen molar-refractivity contribution in [3.8, 4) is 5.75 Å². The van der Waals surface area contributed by atoms with Crippen molar-refractivity contribution in [1.29, 1.82) is 0 Å². The highest BCUT2D eigenvalue weighted by Crippen LogP contribution is 2.28. The van der Waals surface area contributed by atoms with Crippen LogP contribution in [0, 0.1) is 13.8 Å². The quantitative estimate of drug-likeness (QED) is 0.869. The first kappa shape index (κ1) is 16.4. The van der Waals surface area contributed by atoms with Crippen molar-refractivity contribution >= 4 is 11.6 Å². The topological polar surface area (TPSA) is 32.8 Å². The van der Waals surface area contributed by atoms with Gasteiger partial charge in [0.15, 0.2) is 0 Å². The van der Waals surface area contributed by atoms with Gasteiger partial charge < -0.3 is 14.5 Å².